The number of amides is 2. The van der Waals surface area contributed by atoms with E-state index in [4.69, 9.17) is 4.98 Å². The lowest BCUT2D eigenvalue weighted by atomic mass is 9.90. The average molecular weight is 474 g/mol. The van der Waals surface area contributed by atoms with E-state index in [1.165, 1.54) is 11.3 Å². The molecule has 0 aliphatic heterocycles. The largest absolute Gasteiger partial charge is 0.354 e. The fraction of sp³-hybridized carbons (Fsp3) is 0.308. The maximum atomic E-state index is 12.8. The average Bonchev–Trinajstić information content (AvgIpc) is 3.47. The van der Waals surface area contributed by atoms with Crippen LogP contribution in [0.5, 0.6) is 0 Å². The number of hydrogen-bond acceptors (Lipinski definition) is 5. The first-order chi connectivity index (χ1) is 16.5. The third kappa shape index (κ3) is 4.33. The van der Waals surface area contributed by atoms with Gasteiger partial charge in [0.25, 0.3) is 11.8 Å². The zero-order valence-electron chi connectivity index (χ0n) is 19.2. The van der Waals surface area contributed by atoms with Crippen LogP contribution >= 0.6 is 11.3 Å². The molecule has 4 aromatic rings. The molecule has 3 aromatic heterocycles. The van der Waals surface area contributed by atoms with E-state index in [0.717, 1.165) is 57.9 Å². The van der Waals surface area contributed by atoms with Crippen molar-refractivity contribution in [3.63, 3.8) is 0 Å². The number of imidazole rings is 1. The summed E-state index contributed by atoms with van der Waals surface area (Å²) in [6, 6.07) is 16.0. The topological polar surface area (TPSA) is 88.9 Å². The van der Waals surface area contributed by atoms with Gasteiger partial charge in [0.1, 0.15) is 11.5 Å². The number of hydrogen-bond donors (Lipinski definition) is 2. The maximum Gasteiger partial charge on any atom is 0.269 e. The number of carbonyl (C=O) groups is 2. The summed E-state index contributed by atoms with van der Waals surface area (Å²) in [5.74, 6) is 0.624. The number of nitrogens with zero attached hydrogens (tertiary/aromatic N) is 3. The number of thiophene rings is 1. The molecule has 2 atom stereocenters. The molecule has 2 amide bonds. The molecule has 0 saturated heterocycles. The van der Waals surface area contributed by atoms with Crippen LogP contribution < -0.4 is 10.6 Å². The summed E-state index contributed by atoms with van der Waals surface area (Å²) in [5.41, 5.74) is 3.00. The second kappa shape index (κ2) is 9.38. The highest BCUT2D eigenvalue weighted by Gasteiger charge is 2.29. The van der Waals surface area contributed by atoms with Crippen LogP contribution in [-0.2, 0) is 0 Å². The lowest BCUT2D eigenvalue weighted by Gasteiger charge is -2.32. The van der Waals surface area contributed by atoms with E-state index in [9.17, 15) is 9.59 Å². The highest BCUT2D eigenvalue weighted by atomic mass is 32.1. The van der Waals surface area contributed by atoms with Crippen molar-refractivity contribution < 1.29 is 9.59 Å². The van der Waals surface area contributed by atoms with Crippen LogP contribution in [0.25, 0.3) is 22.4 Å². The molecule has 0 radical (unpaired) electrons. The van der Waals surface area contributed by atoms with Gasteiger partial charge in [0.15, 0.2) is 0 Å². The Morgan fingerprint density at radius 3 is 2.65 bits per heavy atom. The molecule has 2 N–H and O–H groups in total. The van der Waals surface area contributed by atoms with E-state index in [2.05, 4.69) is 20.2 Å². The van der Waals surface area contributed by atoms with Gasteiger partial charge in [-0.05, 0) is 50.8 Å². The fourth-order valence-corrected chi connectivity index (χ4v) is 5.52. The molecular formula is C26H27N5O2S. The lowest BCUT2D eigenvalue weighted by Crippen LogP contribution is -2.38. The zero-order chi connectivity index (χ0) is 23.7. The Hall–Kier alpha value is -3.52. The Kier molecular flexibility index (Phi) is 6.15. The Bertz CT molecular complexity index is 1340. The van der Waals surface area contributed by atoms with Crippen LogP contribution in [0.15, 0.2) is 54.7 Å². The van der Waals surface area contributed by atoms with Crippen molar-refractivity contribution in [3.05, 3.63) is 70.2 Å². The van der Waals surface area contributed by atoms with Gasteiger partial charge in [-0.2, -0.15) is 0 Å². The molecule has 5 rings (SSSR count). The van der Waals surface area contributed by atoms with E-state index in [-0.39, 0.29) is 23.9 Å². The molecular weight excluding hydrogens is 446 g/mol. The standard InChI is InChI=1S/C26H27N5O2S/c1-16-11-12-23(34-16)26(33)29-18-9-6-10-19(13-18)31-22-15-28-21(25(32)27-2)14-20(22)30-24(31)17-7-4-3-5-8-17/h3-5,7-8,11-12,14-15,18-19H,6,9-10,13H2,1-2H3,(H,27,32)(H,29,33)/t18-,19+/m1/s1. The van der Waals surface area contributed by atoms with E-state index in [1.54, 1.807) is 19.3 Å². The number of aromatic nitrogens is 3. The second-order valence-corrected chi connectivity index (χ2v) is 10.00. The first-order valence-corrected chi connectivity index (χ1v) is 12.4. The van der Waals surface area contributed by atoms with Crippen LogP contribution in [0.1, 0.15) is 56.8 Å². The third-order valence-electron chi connectivity index (χ3n) is 6.38. The molecule has 1 fully saturated rings. The van der Waals surface area contributed by atoms with Gasteiger partial charge < -0.3 is 15.2 Å². The summed E-state index contributed by atoms with van der Waals surface area (Å²) in [5, 5.41) is 5.87. The molecule has 7 nitrogen and oxygen atoms in total. The van der Waals surface area contributed by atoms with Crippen molar-refractivity contribution in [2.24, 2.45) is 0 Å². The summed E-state index contributed by atoms with van der Waals surface area (Å²) in [6.45, 7) is 2.01. The van der Waals surface area contributed by atoms with Crippen molar-refractivity contribution in [2.45, 2.75) is 44.7 Å². The van der Waals surface area contributed by atoms with Gasteiger partial charge in [0.05, 0.1) is 22.1 Å². The first-order valence-electron chi connectivity index (χ1n) is 11.6. The Labute approximate surface area is 202 Å². The molecule has 34 heavy (non-hydrogen) atoms. The number of aryl methyl sites for hydroxylation is 1. The second-order valence-electron chi connectivity index (χ2n) is 8.71. The summed E-state index contributed by atoms with van der Waals surface area (Å²) < 4.78 is 2.25. The molecule has 1 aliphatic rings. The van der Waals surface area contributed by atoms with Gasteiger partial charge in [-0.3, -0.25) is 9.59 Å². The molecule has 0 spiro atoms. The SMILES string of the molecule is CNC(=O)c1cc2nc(-c3ccccc3)n([C@H]3CCC[C@@H](NC(=O)c4ccc(C)s4)C3)c2cn1. The normalized spacial score (nSPS) is 18.1. The zero-order valence-corrected chi connectivity index (χ0v) is 20.1. The van der Waals surface area contributed by atoms with Gasteiger partial charge in [-0.1, -0.05) is 30.3 Å². The predicted molar refractivity (Wildman–Crippen MR) is 134 cm³/mol. The highest BCUT2D eigenvalue weighted by molar-refractivity contribution is 7.13. The number of carbonyl (C=O) groups excluding carboxylic acids is 2. The number of benzene rings is 1. The minimum Gasteiger partial charge on any atom is -0.354 e. The van der Waals surface area contributed by atoms with Gasteiger partial charge >= 0.3 is 0 Å². The van der Waals surface area contributed by atoms with Crippen molar-refractivity contribution in [1.82, 2.24) is 25.2 Å². The van der Waals surface area contributed by atoms with Crippen molar-refractivity contribution in [2.75, 3.05) is 7.05 Å². The summed E-state index contributed by atoms with van der Waals surface area (Å²) in [6.07, 6.45) is 5.53. The minimum absolute atomic E-state index is 0.000548. The number of rotatable bonds is 5. The van der Waals surface area contributed by atoms with Gasteiger partial charge in [0, 0.05) is 29.6 Å². The smallest absolute Gasteiger partial charge is 0.269 e. The number of pyridine rings is 1. The Balaban J connectivity index is 1.49. The first kappa shape index (κ1) is 22.3. The quantitative estimate of drug-likeness (QED) is 0.438. The van der Waals surface area contributed by atoms with E-state index < -0.39 is 0 Å². The Morgan fingerprint density at radius 1 is 1.09 bits per heavy atom. The van der Waals surface area contributed by atoms with Crippen LogP contribution in [0.2, 0.25) is 0 Å². The van der Waals surface area contributed by atoms with E-state index in [0.29, 0.717) is 5.69 Å². The van der Waals surface area contributed by atoms with Crippen LogP contribution in [0.4, 0.5) is 0 Å². The Morgan fingerprint density at radius 2 is 1.91 bits per heavy atom. The van der Waals surface area contributed by atoms with Crippen LogP contribution in [-0.4, -0.2) is 39.4 Å². The summed E-state index contributed by atoms with van der Waals surface area (Å²) >= 11 is 1.52. The molecule has 0 unspecified atom stereocenters. The monoisotopic (exact) mass is 473 g/mol. The predicted octanol–water partition coefficient (Wildman–Crippen LogP) is 4.74. The van der Waals surface area contributed by atoms with Gasteiger partial charge in [-0.15, -0.1) is 11.3 Å². The summed E-state index contributed by atoms with van der Waals surface area (Å²) in [7, 11) is 1.59. The minimum atomic E-state index is -0.234. The molecule has 8 heteroatoms. The van der Waals surface area contributed by atoms with Gasteiger partial charge in [-0.25, -0.2) is 9.97 Å². The van der Waals surface area contributed by atoms with Crippen molar-refractivity contribution in [3.8, 4) is 11.4 Å². The van der Waals surface area contributed by atoms with Crippen molar-refractivity contribution in [1.29, 1.82) is 0 Å². The third-order valence-corrected chi connectivity index (χ3v) is 7.38. The van der Waals surface area contributed by atoms with Gasteiger partial charge in [0.2, 0.25) is 0 Å². The number of nitrogens with one attached hydrogen (secondary N) is 2. The van der Waals surface area contributed by atoms with Crippen LogP contribution in [0, 0.1) is 6.92 Å². The highest BCUT2D eigenvalue weighted by Crippen LogP contribution is 2.36. The van der Waals surface area contributed by atoms with E-state index >= 15 is 0 Å². The lowest BCUT2D eigenvalue weighted by molar-refractivity contribution is 0.0923. The summed E-state index contributed by atoms with van der Waals surface area (Å²) in [4.78, 5) is 36.1. The molecule has 1 aromatic carbocycles. The number of fused-ring (bicyclic) bond motifs is 1. The molecule has 174 valence electrons. The molecule has 1 aliphatic carbocycles. The maximum absolute atomic E-state index is 12.8. The fourth-order valence-electron chi connectivity index (χ4n) is 4.75. The molecule has 0 bridgehead atoms. The molecule has 1 saturated carbocycles. The van der Waals surface area contributed by atoms with Crippen LogP contribution in [0.3, 0.4) is 0 Å². The van der Waals surface area contributed by atoms with E-state index in [1.807, 2.05) is 49.4 Å². The van der Waals surface area contributed by atoms with Crippen molar-refractivity contribution >= 4 is 34.2 Å². The molecule has 3 heterocycles.